The lowest BCUT2D eigenvalue weighted by atomic mass is 10.0. The molecular formula is C27H25N5O5S. The van der Waals surface area contributed by atoms with E-state index in [0.29, 0.717) is 5.56 Å². The lowest BCUT2D eigenvalue weighted by Gasteiger charge is -2.16. The van der Waals surface area contributed by atoms with Crippen LogP contribution in [0.25, 0.3) is 22.0 Å². The fourth-order valence-corrected chi connectivity index (χ4v) is 4.55. The van der Waals surface area contributed by atoms with Crippen LogP contribution >= 0.6 is 0 Å². The number of carbonyl (C=O) groups is 1. The number of nitrogens with zero attached hydrogens (tertiary/aromatic N) is 3. The Kier molecular flexibility index (Phi) is 7.85. The van der Waals surface area contributed by atoms with Crippen LogP contribution in [0, 0.1) is 11.3 Å². The Bertz CT molecular complexity index is 1700. The highest BCUT2D eigenvalue weighted by Crippen LogP contribution is 2.32. The highest BCUT2D eigenvalue weighted by atomic mass is 32.2. The van der Waals surface area contributed by atoms with E-state index >= 15 is 0 Å². The summed E-state index contributed by atoms with van der Waals surface area (Å²) in [7, 11) is -3.21. The molecule has 3 N–H and O–H groups in total. The van der Waals surface area contributed by atoms with Crippen LogP contribution in [-0.2, 0) is 16.4 Å². The van der Waals surface area contributed by atoms with Gasteiger partial charge in [0, 0.05) is 30.3 Å². The van der Waals surface area contributed by atoms with Gasteiger partial charge in [0.05, 0.1) is 17.9 Å². The summed E-state index contributed by atoms with van der Waals surface area (Å²) in [6.45, 7) is 0.329. The number of amides is 1. The van der Waals surface area contributed by atoms with Crippen LogP contribution in [0.2, 0.25) is 0 Å². The Morgan fingerprint density at radius 1 is 1.08 bits per heavy atom. The zero-order chi connectivity index (χ0) is 27.3. The average Bonchev–Trinajstić information content (AvgIpc) is 2.90. The molecule has 0 aliphatic heterocycles. The Labute approximate surface area is 219 Å². The first-order valence-corrected chi connectivity index (χ1v) is 13.7. The van der Waals surface area contributed by atoms with Crippen LogP contribution in [0.4, 0.5) is 0 Å². The van der Waals surface area contributed by atoms with Gasteiger partial charge in [-0.25, -0.2) is 13.4 Å². The van der Waals surface area contributed by atoms with Crippen molar-refractivity contribution in [2.75, 3.05) is 25.2 Å². The monoisotopic (exact) mass is 531 g/mol. The molecule has 4 aromatic rings. The summed E-state index contributed by atoms with van der Waals surface area (Å²) in [6, 6.07) is 21.5. The first-order valence-electron chi connectivity index (χ1n) is 11.7. The van der Waals surface area contributed by atoms with Crippen molar-refractivity contribution in [3.05, 3.63) is 94.0 Å². The van der Waals surface area contributed by atoms with Crippen molar-refractivity contribution in [1.82, 2.24) is 20.2 Å². The molecule has 0 saturated carbocycles. The molecule has 4 rings (SSSR count). The van der Waals surface area contributed by atoms with Crippen molar-refractivity contribution in [2.24, 2.45) is 0 Å². The number of carbonyl (C=O) groups excluding carboxylic acids is 1. The summed E-state index contributed by atoms with van der Waals surface area (Å²) < 4.78 is 23.9. The van der Waals surface area contributed by atoms with Crippen molar-refractivity contribution < 1.29 is 18.3 Å². The quantitative estimate of drug-likeness (QED) is 0.277. The van der Waals surface area contributed by atoms with Gasteiger partial charge in [-0.15, -0.1) is 0 Å². The zero-order valence-corrected chi connectivity index (χ0v) is 21.3. The van der Waals surface area contributed by atoms with E-state index in [1.54, 1.807) is 24.3 Å². The molecule has 0 spiro atoms. The third kappa shape index (κ3) is 5.88. The molecule has 0 unspecified atom stereocenters. The largest absolute Gasteiger partial charge is 0.505 e. The first-order chi connectivity index (χ1) is 18.2. The summed E-state index contributed by atoms with van der Waals surface area (Å²) in [5.74, 6) is -1.47. The van der Waals surface area contributed by atoms with Crippen molar-refractivity contribution in [3.8, 4) is 22.9 Å². The van der Waals surface area contributed by atoms with Gasteiger partial charge in [-0.1, -0.05) is 60.7 Å². The predicted molar refractivity (Wildman–Crippen MR) is 143 cm³/mol. The molecule has 0 aliphatic carbocycles. The number of hydrogen-bond acceptors (Lipinski definition) is 8. The normalized spacial score (nSPS) is 11.3. The molecule has 194 valence electrons. The average molecular weight is 532 g/mol. The fraction of sp³-hybridized carbons (Fsp3) is 0.185. The second-order valence-corrected chi connectivity index (χ2v) is 10.8. The molecule has 0 atom stereocenters. The van der Waals surface area contributed by atoms with E-state index in [1.807, 2.05) is 42.5 Å². The molecular weight excluding hydrogens is 506 g/mol. The molecule has 1 amide bonds. The van der Waals surface area contributed by atoms with Crippen LogP contribution < -0.4 is 16.2 Å². The van der Waals surface area contributed by atoms with Crippen molar-refractivity contribution >= 4 is 26.6 Å². The minimum atomic E-state index is -3.21. The van der Waals surface area contributed by atoms with E-state index < -0.39 is 21.5 Å². The maximum absolute atomic E-state index is 13.7. The van der Waals surface area contributed by atoms with E-state index in [4.69, 9.17) is 0 Å². The van der Waals surface area contributed by atoms with Gasteiger partial charge in [-0.2, -0.15) is 5.26 Å². The van der Waals surface area contributed by atoms with Gasteiger partial charge in [0.1, 0.15) is 6.07 Å². The van der Waals surface area contributed by atoms with Gasteiger partial charge in [-0.05, 0) is 17.2 Å². The van der Waals surface area contributed by atoms with Gasteiger partial charge in [0.15, 0.2) is 27.0 Å². The van der Waals surface area contributed by atoms with Crippen LogP contribution in [0.3, 0.4) is 0 Å². The van der Waals surface area contributed by atoms with Gasteiger partial charge >= 0.3 is 0 Å². The van der Waals surface area contributed by atoms with Crippen LogP contribution in [0.1, 0.15) is 21.7 Å². The Morgan fingerprint density at radius 3 is 2.37 bits per heavy atom. The number of nitrogens with one attached hydrogen (secondary N) is 2. The van der Waals surface area contributed by atoms with E-state index in [-0.39, 0.29) is 58.9 Å². The molecule has 0 fully saturated rings. The summed E-state index contributed by atoms with van der Waals surface area (Å²) in [5, 5.41) is 26.4. The Morgan fingerprint density at radius 2 is 1.74 bits per heavy atom. The molecule has 2 heterocycles. The Balaban J connectivity index is 1.82. The number of rotatable bonds is 9. The fourth-order valence-electron chi connectivity index (χ4n) is 4.03. The third-order valence-electron chi connectivity index (χ3n) is 5.76. The second kappa shape index (κ2) is 11.2. The summed E-state index contributed by atoms with van der Waals surface area (Å²) in [6.07, 6.45) is 1.08. The number of aromatic nitrogens is 2. The summed E-state index contributed by atoms with van der Waals surface area (Å²) in [5.41, 5.74) is 0.874. The maximum Gasteiger partial charge on any atom is 0.273 e. The van der Waals surface area contributed by atoms with E-state index in [1.165, 1.54) is 10.6 Å². The SMILES string of the molecule is CS(=O)(=O)CNCCNC(=O)c1nc(C#N)c2c(cc(-c3ccccc3)c(=O)n2Cc2ccccc2)c1O. The first kappa shape index (κ1) is 26.5. The number of benzene rings is 2. The smallest absolute Gasteiger partial charge is 0.273 e. The number of aromatic hydroxyl groups is 1. The second-order valence-electron chi connectivity index (χ2n) is 8.66. The molecule has 0 bridgehead atoms. The van der Waals surface area contributed by atoms with E-state index in [2.05, 4.69) is 15.6 Å². The summed E-state index contributed by atoms with van der Waals surface area (Å²) in [4.78, 5) is 30.7. The minimum Gasteiger partial charge on any atom is -0.505 e. The predicted octanol–water partition coefficient (Wildman–Crippen LogP) is 2.01. The van der Waals surface area contributed by atoms with Crippen LogP contribution in [0.5, 0.6) is 5.75 Å². The lowest BCUT2D eigenvalue weighted by molar-refractivity contribution is 0.0946. The molecule has 2 aromatic heterocycles. The number of pyridine rings is 2. The maximum atomic E-state index is 13.7. The molecule has 0 aliphatic rings. The zero-order valence-electron chi connectivity index (χ0n) is 20.5. The van der Waals surface area contributed by atoms with E-state index in [9.17, 15) is 28.4 Å². The van der Waals surface area contributed by atoms with Gasteiger partial charge in [-0.3, -0.25) is 9.59 Å². The van der Waals surface area contributed by atoms with Crippen molar-refractivity contribution in [2.45, 2.75) is 6.54 Å². The van der Waals surface area contributed by atoms with Crippen molar-refractivity contribution in [3.63, 3.8) is 0 Å². The highest BCUT2D eigenvalue weighted by Gasteiger charge is 2.23. The number of fused-ring (bicyclic) bond motifs is 1. The molecule has 2 aromatic carbocycles. The van der Waals surface area contributed by atoms with Gasteiger partial charge < -0.3 is 20.3 Å². The van der Waals surface area contributed by atoms with Crippen molar-refractivity contribution in [1.29, 1.82) is 5.26 Å². The number of sulfone groups is 1. The molecule has 0 radical (unpaired) electrons. The standard InChI is InChI=1S/C27H25N5O5S/c1-38(36,37)17-29-12-13-30-26(34)23-25(33)21-14-20(19-10-6-3-7-11-19)27(35)32(24(21)22(15-28)31-23)16-18-8-4-2-5-9-18/h2-11,14,29,33H,12-13,16-17H2,1H3,(H,30,34). The molecule has 10 nitrogen and oxygen atoms in total. The molecule has 38 heavy (non-hydrogen) atoms. The van der Waals surface area contributed by atoms with Gasteiger partial charge in [0.25, 0.3) is 11.5 Å². The topological polar surface area (TPSA) is 154 Å². The van der Waals surface area contributed by atoms with Crippen LogP contribution in [0.15, 0.2) is 71.5 Å². The summed E-state index contributed by atoms with van der Waals surface area (Å²) >= 11 is 0. The number of nitriles is 1. The van der Waals surface area contributed by atoms with Crippen LogP contribution in [-0.4, -0.2) is 54.2 Å². The van der Waals surface area contributed by atoms with E-state index in [0.717, 1.165) is 11.8 Å². The number of hydrogen-bond donors (Lipinski definition) is 3. The minimum absolute atomic E-state index is 0.0537. The highest BCUT2D eigenvalue weighted by molar-refractivity contribution is 7.90. The lowest BCUT2D eigenvalue weighted by Crippen LogP contribution is -2.34. The molecule has 11 heteroatoms. The van der Waals surface area contributed by atoms with Gasteiger partial charge in [0.2, 0.25) is 0 Å². The third-order valence-corrected chi connectivity index (χ3v) is 6.49. The molecule has 0 saturated heterocycles. The Hall–Kier alpha value is -4.53.